The highest BCUT2D eigenvalue weighted by molar-refractivity contribution is 9.09. The van der Waals surface area contributed by atoms with Gasteiger partial charge in [0.2, 0.25) is 0 Å². The normalized spacial score (nSPS) is 10.1. The van der Waals surface area contributed by atoms with Gasteiger partial charge in [0, 0.05) is 5.33 Å². The first-order valence-corrected chi connectivity index (χ1v) is 6.14. The summed E-state index contributed by atoms with van der Waals surface area (Å²) in [5.41, 5.74) is 0. The van der Waals surface area contributed by atoms with Gasteiger partial charge in [-0.3, -0.25) is 0 Å². The predicted molar refractivity (Wildman–Crippen MR) is 53.5 cm³/mol. The third-order valence-electron chi connectivity index (χ3n) is 1.02. The summed E-state index contributed by atoms with van der Waals surface area (Å²) < 4.78 is 1.43. The molecule has 56 valence electrons. The zero-order valence-electron chi connectivity index (χ0n) is 5.55. The van der Waals surface area contributed by atoms with Gasteiger partial charge in [0.25, 0.3) is 0 Å². The fourth-order valence-electron chi connectivity index (χ4n) is 0.573. The summed E-state index contributed by atoms with van der Waals surface area (Å²) in [6, 6.07) is 4.27. The van der Waals surface area contributed by atoms with Crippen molar-refractivity contribution >= 4 is 39.0 Å². The molecule has 0 amide bonds. The van der Waals surface area contributed by atoms with E-state index in [1.54, 1.807) is 0 Å². The van der Waals surface area contributed by atoms with E-state index >= 15 is 0 Å². The fraction of sp³-hybridized carbons (Fsp3) is 0.429. The van der Waals surface area contributed by atoms with Crippen molar-refractivity contribution in [1.29, 1.82) is 0 Å². The van der Waals surface area contributed by atoms with Gasteiger partial charge in [-0.15, -0.1) is 23.1 Å². The zero-order valence-corrected chi connectivity index (χ0v) is 8.77. The molecule has 0 atom stereocenters. The van der Waals surface area contributed by atoms with Gasteiger partial charge in [-0.2, -0.15) is 0 Å². The summed E-state index contributed by atoms with van der Waals surface area (Å²) in [6.45, 7) is 0. The first-order chi connectivity index (χ1) is 4.93. The monoisotopic (exact) mass is 236 g/mol. The summed E-state index contributed by atoms with van der Waals surface area (Å²) in [4.78, 5) is 0. The Balaban J connectivity index is 2.15. The Morgan fingerprint density at radius 3 is 3.10 bits per heavy atom. The highest BCUT2D eigenvalue weighted by Crippen LogP contribution is 2.23. The maximum absolute atomic E-state index is 3.40. The van der Waals surface area contributed by atoms with Crippen LogP contribution in [-0.4, -0.2) is 11.1 Å². The van der Waals surface area contributed by atoms with E-state index in [0.717, 1.165) is 5.33 Å². The molecular formula is C7H9BrS2. The highest BCUT2D eigenvalue weighted by Gasteiger charge is 1.91. The van der Waals surface area contributed by atoms with Crippen LogP contribution >= 0.6 is 39.0 Å². The average Bonchev–Trinajstić information content (AvgIpc) is 2.41. The third-order valence-corrected chi connectivity index (χ3v) is 3.80. The molecule has 0 bridgehead atoms. The predicted octanol–water partition coefficient (Wildman–Crippen LogP) is 3.63. The minimum absolute atomic E-state index is 1.12. The second kappa shape index (κ2) is 5.22. The van der Waals surface area contributed by atoms with E-state index in [1.165, 1.54) is 16.4 Å². The highest BCUT2D eigenvalue weighted by atomic mass is 79.9. The molecule has 0 saturated carbocycles. The van der Waals surface area contributed by atoms with Crippen molar-refractivity contribution in [2.45, 2.75) is 10.6 Å². The fourth-order valence-corrected chi connectivity index (χ4v) is 3.03. The van der Waals surface area contributed by atoms with Crippen molar-refractivity contribution in [3.05, 3.63) is 17.5 Å². The summed E-state index contributed by atoms with van der Waals surface area (Å²) in [7, 11) is 0. The van der Waals surface area contributed by atoms with E-state index in [9.17, 15) is 0 Å². The molecule has 10 heavy (non-hydrogen) atoms. The van der Waals surface area contributed by atoms with Crippen LogP contribution in [0.3, 0.4) is 0 Å². The average molecular weight is 237 g/mol. The van der Waals surface area contributed by atoms with Crippen LogP contribution in [0.25, 0.3) is 0 Å². The topological polar surface area (TPSA) is 0 Å². The van der Waals surface area contributed by atoms with E-state index in [-0.39, 0.29) is 0 Å². The molecule has 0 N–H and O–H groups in total. The van der Waals surface area contributed by atoms with Gasteiger partial charge in [0.05, 0.1) is 4.21 Å². The van der Waals surface area contributed by atoms with Gasteiger partial charge in [0.15, 0.2) is 0 Å². The van der Waals surface area contributed by atoms with Crippen LogP contribution in [0.4, 0.5) is 0 Å². The lowest BCUT2D eigenvalue weighted by Gasteiger charge is -1.92. The number of thiophene rings is 1. The summed E-state index contributed by atoms with van der Waals surface area (Å²) >= 11 is 7.16. The lowest BCUT2D eigenvalue weighted by Crippen LogP contribution is -1.76. The van der Waals surface area contributed by atoms with Crippen LogP contribution in [0.15, 0.2) is 21.7 Å². The Labute approximate surface area is 78.2 Å². The van der Waals surface area contributed by atoms with Crippen LogP contribution < -0.4 is 0 Å². The minimum atomic E-state index is 1.12. The third kappa shape index (κ3) is 3.08. The van der Waals surface area contributed by atoms with Gasteiger partial charge >= 0.3 is 0 Å². The molecule has 0 fully saturated rings. The molecule has 0 spiro atoms. The van der Waals surface area contributed by atoms with Crippen molar-refractivity contribution < 1.29 is 0 Å². The number of halogens is 1. The molecule has 0 radical (unpaired) electrons. The molecule has 1 aromatic rings. The van der Waals surface area contributed by atoms with Crippen LogP contribution in [0.2, 0.25) is 0 Å². The van der Waals surface area contributed by atoms with E-state index in [2.05, 4.69) is 33.4 Å². The van der Waals surface area contributed by atoms with Crippen molar-refractivity contribution in [3.63, 3.8) is 0 Å². The number of thioether (sulfide) groups is 1. The number of alkyl halides is 1. The Morgan fingerprint density at radius 2 is 2.50 bits per heavy atom. The van der Waals surface area contributed by atoms with Crippen LogP contribution in [-0.2, 0) is 0 Å². The number of hydrogen-bond acceptors (Lipinski definition) is 2. The maximum atomic E-state index is 3.40. The molecule has 0 aliphatic carbocycles. The quantitative estimate of drug-likeness (QED) is 0.438. The number of hydrogen-bond donors (Lipinski definition) is 0. The van der Waals surface area contributed by atoms with E-state index in [4.69, 9.17) is 0 Å². The molecule has 0 saturated heterocycles. The van der Waals surface area contributed by atoms with E-state index < -0.39 is 0 Å². The standard InChI is InChI=1S/C7H9BrS2/c8-4-2-6-10-7-3-1-5-9-7/h1,3,5H,2,4,6H2. The number of rotatable bonds is 4. The van der Waals surface area contributed by atoms with Crippen molar-refractivity contribution in [2.24, 2.45) is 0 Å². The molecular weight excluding hydrogens is 228 g/mol. The smallest absolute Gasteiger partial charge is 0.0598 e. The summed E-state index contributed by atoms with van der Waals surface area (Å²) in [6.07, 6.45) is 1.25. The first kappa shape index (κ1) is 8.62. The van der Waals surface area contributed by atoms with E-state index in [0.29, 0.717) is 0 Å². The van der Waals surface area contributed by atoms with Gasteiger partial charge in [-0.05, 0) is 23.6 Å². The maximum Gasteiger partial charge on any atom is 0.0598 e. The van der Waals surface area contributed by atoms with Gasteiger partial charge in [0.1, 0.15) is 0 Å². The Hall–Kier alpha value is 0.530. The summed E-state index contributed by atoms with van der Waals surface area (Å²) in [5.74, 6) is 1.23. The zero-order chi connectivity index (χ0) is 7.23. The molecule has 0 aromatic carbocycles. The summed E-state index contributed by atoms with van der Waals surface area (Å²) in [5, 5.41) is 3.24. The molecule has 3 heteroatoms. The van der Waals surface area contributed by atoms with Crippen LogP contribution in [0.5, 0.6) is 0 Å². The molecule has 0 unspecified atom stereocenters. The van der Waals surface area contributed by atoms with Crippen LogP contribution in [0, 0.1) is 0 Å². The van der Waals surface area contributed by atoms with E-state index in [1.807, 2.05) is 23.1 Å². The lowest BCUT2D eigenvalue weighted by atomic mass is 10.6. The lowest BCUT2D eigenvalue weighted by molar-refractivity contribution is 1.14. The van der Waals surface area contributed by atoms with Crippen LogP contribution in [0.1, 0.15) is 6.42 Å². The Kier molecular flexibility index (Phi) is 4.50. The minimum Gasteiger partial charge on any atom is -0.137 e. The van der Waals surface area contributed by atoms with Crippen molar-refractivity contribution in [2.75, 3.05) is 11.1 Å². The molecule has 0 nitrogen and oxygen atoms in total. The first-order valence-electron chi connectivity index (χ1n) is 3.16. The van der Waals surface area contributed by atoms with Gasteiger partial charge in [-0.25, -0.2) is 0 Å². The SMILES string of the molecule is BrCCCSc1cccs1. The molecule has 0 aliphatic heterocycles. The van der Waals surface area contributed by atoms with Crippen molar-refractivity contribution in [3.8, 4) is 0 Å². The Bertz CT molecular complexity index is 160. The molecule has 1 heterocycles. The molecule has 1 aromatic heterocycles. The van der Waals surface area contributed by atoms with Gasteiger partial charge < -0.3 is 0 Å². The second-order valence-corrected chi connectivity index (χ2v) is 4.96. The molecule has 0 aliphatic rings. The van der Waals surface area contributed by atoms with Gasteiger partial charge in [-0.1, -0.05) is 22.0 Å². The second-order valence-electron chi connectivity index (χ2n) is 1.82. The van der Waals surface area contributed by atoms with Crippen molar-refractivity contribution in [1.82, 2.24) is 0 Å². The largest absolute Gasteiger partial charge is 0.137 e. The molecule has 1 rings (SSSR count). The Morgan fingerprint density at radius 1 is 1.60 bits per heavy atom.